The largest absolute Gasteiger partial charge is 0.494 e. The molecule has 156 valence electrons. The summed E-state index contributed by atoms with van der Waals surface area (Å²) in [5.41, 5.74) is 8.54. The lowest BCUT2D eigenvalue weighted by Gasteiger charge is -2.28. The van der Waals surface area contributed by atoms with Crippen LogP contribution in [0.3, 0.4) is 0 Å². The minimum atomic E-state index is -0.695. The number of fused-ring (bicyclic) bond motifs is 1. The molecule has 3 aromatic rings. The van der Waals surface area contributed by atoms with E-state index in [1.807, 2.05) is 56.3 Å². The summed E-state index contributed by atoms with van der Waals surface area (Å²) in [5.74, 6) is 0.249. The number of hydrogen-bond acceptors (Lipinski definition) is 6. The fourth-order valence-corrected chi connectivity index (χ4v) is 3.85. The van der Waals surface area contributed by atoms with E-state index < -0.39 is 5.92 Å². The first-order valence-corrected chi connectivity index (χ1v) is 9.98. The highest BCUT2D eigenvalue weighted by molar-refractivity contribution is 5.58. The van der Waals surface area contributed by atoms with Crippen molar-refractivity contribution in [3.63, 3.8) is 0 Å². The molecule has 1 atom stereocenters. The van der Waals surface area contributed by atoms with E-state index in [0.717, 1.165) is 5.69 Å². The second-order valence-electron chi connectivity index (χ2n) is 7.17. The summed E-state index contributed by atoms with van der Waals surface area (Å²) in [6.07, 6.45) is 1.69. The van der Waals surface area contributed by atoms with Crippen LogP contribution in [-0.4, -0.2) is 16.2 Å². The maximum Gasteiger partial charge on any atom is 0.259 e. The molecule has 0 fully saturated rings. The van der Waals surface area contributed by atoms with Crippen LogP contribution >= 0.6 is 0 Å². The first kappa shape index (κ1) is 20.2. The highest BCUT2D eigenvalue weighted by Crippen LogP contribution is 2.43. The van der Waals surface area contributed by atoms with Gasteiger partial charge in [-0.25, -0.2) is 0 Å². The van der Waals surface area contributed by atoms with Gasteiger partial charge in [-0.2, -0.15) is 5.26 Å². The van der Waals surface area contributed by atoms with Gasteiger partial charge in [-0.1, -0.05) is 24.3 Å². The van der Waals surface area contributed by atoms with Gasteiger partial charge in [0.2, 0.25) is 5.88 Å². The molecular formula is C24H22N4O3. The molecule has 0 bridgehead atoms. The van der Waals surface area contributed by atoms with E-state index >= 15 is 0 Å². The van der Waals surface area contributed by atoms with E-state index in [0.29, 0.717) is 41.5 Å². The van der Waals surface area contributed by atoms with Crippen LogP contribution in [0.2, 0.25) is 0 Å². The molecule has 1 aliphatic rings. The molecule has 7 heteroatoms. The van der Waals surface area contributed by atoms with Gasteiger partial charge in [0.05, 0.1) is 30.3 Å². The molecule has 0 spiro atoms. The fourth-order valence-electron chi connectivity index (χ4n) is 3.85. The van der Waals surface area contributed by atoms with Crippen LogP contribution in [0.5, 0.6) is 11.5 Å². The lowest BCUT2D eigenvalue weighted by molar-refractivity contribution is 0.334. The maximum atomic E-state index is 13.7. The van der Waals surface area contributed by atoms with Crippen LogP contribution in [0.4, 0.5) is 0 Å². The van der Waals surface area contributed by atoms with Crippen molar-refractivity contribution in [2.24, 2.45) is 5.73 Å². The van der Waals surface area contributed by atoms with Gasteiger partial charge in [0.25, 0.3) is 5.56 Å². The predicted octanol–water partition coefficient (Wildman–Crippen LogP) is 3.22. The van der Waals surface area contributed by atoms with Gasteiger partial charge in [0.1, 0.15) is 23.1 Å². The van der Waals surface area contributed by atoms with Gasteiger partial charge in [-0.3, -0.25) is 9.78 Å². The summed E-state index contributed by atoms with van der Waals surface area (Å²) in [4.78, 5) is 18.0. The average molecular weight is 414 g/mol. The van der Waals surface area contributed by atoms with Crippen molar-refractivity contribution in [2.75, 3.05) is 6.61 Å². The molecule has 0 radical (unpaired) electrons. The summed E-state index contributed by atoms with van der Waals surface area (Å²) in [6.45, 7) is 4.47. The van der Waals surface area contributed by atoms with E-state index in [4.69, 9.17) is 15.2 Å². The number of nitriles is 1. The monoisotopic (exact) mass is 414 g/mol. The number of pyridine rings is 2. The third kappa shape index (κ3) is 3.64. The SMILES string of the molecule is CCOc1ccccc1[C@@H]1C(C#N)=C(N)Oc2cc(C)n(Cc3ccccn3)c(=O)c21. The van der Waals surface area contributed by atoms with Crippen LogP contribution in [0.1, 0.15) is 35.4 Å². The molecule has 0 amide bonds. The van der Waals surface area contributed by atoms with Gasteiger partial charge in [0.15, 0.2) is 0 Å². The summed E-state index contributed by atoms with van der Waals surface area (Å²) >= 11 is 0. The quantitative estimate of drug-likeness (QED) is 0.688. The Balaban J connectivity index is 1.95. The van der Waals surface area contributed by atoms with E-state index in [-0.39, 0.29) is 17.0 Å². The molecule has 0 saturated heterocycles. The van der Waals surface area contributed by atoms with Crippen molar-refractivity contribution in [1.29, 1.82) is 5.26 Å². The normalized spacial score (nSPS) is 15.1. The lowest BCUT2D eigenvalue weighted by atomic mass is 9.83. The fraction of sp³-hybridized carbons (Fsp3) is 0.208. The smallest absolute Gasteiger partial charge is 0.259 e. The van der Waals surface area contributed by atoms with Crippen molar-refractivity contribution in [3.05, 3.63) is 99.1 Å². The number of aromatic nitrogens is 2. The number of allylic oxidation sites excluding steroid dienone is 1. The molecule has 7 nitrogen and oxygen atoms in total. The standard InChI is InChI=1S/C24H22N4O3/c1-3-30-19-10-5-4-9-17(19)21-18(13-25)23(26)31-20-12-15(2)28(24(29)22(20)21)14-16-8-6-7-11-27-16/h4-12,21H,3,14,26H2,1-2H3/t21-/m1/s1. The van der Waals surface area contributed by atoms with Crippen LogP contribution in [0.25, 0.3) is 0 Å². The van der Waals surface area contributed by atoms with Gasteiger partial charge in [-0.15, -0.1) is 0 Å². The molecule has 4 rings (SSSR count). The van der Waals surface area contributed by atoms with E-state index in [9.17, 15) is 10.1 Å². The molecule has 3 heterocycles. The van der Waals surface area contributed by atoms with Gasteiger partial charge < -0.3 is 19.8 Å². The number of ether oxygens (including phenoxy) is 2. The second-order valence-corrected chi connectivity index (χ2v) is 7.17. The number of aryl methyl sites for hydroxylation is 1. The zero-order valence-corrected chi connectivity index (χ0v) is 17.3. The van der Waals surface area contributed by atoms with Crippen molar-refractivity contribution in [3.8, 4) is 17.6 Å². The van der Waals surface area contributed by atoms with Crippen molar-refractivity contribution < 1.29 is 9.47 Å². The molecule has 0 aliphatic carbocycles. The van der Waals surface area contributed by atoms with Crippen LogP contribution in [0, 0.1) is 18.3 Å². The average Bonchev–Trinajstić information content (AvgIpc) is 2.77. The highest BCUT2D eigenvalue weighted by Gasteiger charge is 2.35. The first-order chi connectivity index (χ1) is 15.0. The zero-order valence-electron chi connectivity index (χ0n) is 17.3. The minimum absolute atomic E-state index is 0.00687. The lowest BCUT2D eigenvalue weighted by Crippen LogP contribution is -2.33. The summed E-state index contributed by atoms with van der Waals surface area (Å²) in [5, 5.41) is 9.86. The van der Waals surface area contributed by atoms with Gasteiger partial charge >= 0.3 is 0 Å². The van der Waals surface area contributed by atoms with Crippen molar-refractivity contribution in [2.45, 2.75) is 26.3 Å². The Bertz CT molecular complexity index is 1260. The minimum Gasteiger partial charge on any atom is -0.494 e. The Kier molecular flexibility index (Phi) is 5.46. The summed E-state index contributed by atoms with van der Waals surface area (Å²) in [7, 11) is 0. The molecule has 1 aliphatic heterocycles. The molecule has 2 aromatic heterocycles. The third-order valence-electron chi connectivity index (χ3n) is 5.27. The Morgan fingerprint density at radius 1 is 1.26 bits per heavy atom. The van der Waals surface area contributed by atoms with Gasteiger partial charge in [-0.05, 0) is 32.0 Å². The Morgan fingerprint density at radius 3 is 2.74 bits per heavy atom. The summed E-state index contributed by atoms with van der Waals surface area (Å²) in [6, 6.07) is 16.8. The van der Waals surface area contributed by atoms with Crippen LogP contribution in [0.15, 0.2) is 71.0 Å². The number of para-hydroxylation sites is 1. The molecule has 31 heavy (non-hydrogen) atoms. The van der Waals surface area contributed by atoms with Crippen molar-refractivity contribution >= 4 is 0 Å². The van der Waals surface area contributed by atoms with E-state index in [1.165, 1.54) is 0 Å². The number of hydrogen-bond donors (Lipinski definition) is 1. The molecule has 0 unspecified atom stereocenters. The van der Waals surface area contributed by atoms with E-state index in [2.05, 4.69) is 11.1 Å². The van der Waals surface area contributed by atoms with Crippen LogP contribution in [-0.2, 0) is 6.54 Å². The maximum absolute atomic E-state index is 13.7. The van der Waals surface area contributed by atoms with Gasteiger partial charge in [0, 0.05) is 23.5 Å². The Labute approximate surface area is 180 Å². The Morgan fingerprint density at radius 2 is 2.03 bits per heavy atom. The molecular weight excluding hydrogens is 392 g/mol. The predicted molar refractivity (Wildman–Crippen MR) is 116 cm³/mol. The Hall–Kier alpha value is -4.05. The topological polar surface area (TPSA) is 103 Å². The number of nitrogens with zero attached hydrogens (tertiary/aromatic N) is 3. The van der Waals surface area contributed by atoms with Crippen LogP contribution < -0.4 is 20.8 Å². The number of rotatable bonds is 5. The van der Waals surface area contributed by atoms with Crippen molar-refractivity contribution in [1.82, 2.24) is 9.55 Å². The van der Waals surface area contributed by atoms with E-state index in [1.54, 1.807) is 16.8 Å². The second kappa shape index (κ2) is 8.36. The molecule has 0 saturated carbocycles. The zero-order chi connectivity index (χ0) is 22.0. The highest BCUT2D eigenvalue weighted by atomic mass is 16.5. The summed E-state index contributed by atoms with van der Waals surface area (Å²) < 4.78 is 13.1. The number of nitrogens with two attached hydrogens (primary N) is 1. The molecule has 1 aromatic carbocycles. The molecule has 2 N–H and O–H groups in total. The number of benzene rings is 1. The third-order valence-corrected chi connectivity index (χ3v) is 5.27. The first-order valence-electron chi connectivity index (χ1n) is 9.98.